The smallest absolute Gasteiger partial charge is 0.0643 e. The van der Waals surface area contributed by atoms with Crippen LogP contribution in [-0.4, -0.2) is 18.2 Å². The first-order valence-electron chi connectivity index (χ1n) is 5.57. The number of rotatable bonds is 3. The second kappa shape index (κ2) is 4.33. The van der Waals surface area contributed by atoms with Crippen molar-refractivity contribution in [1.82, 2.24) is 5.32 Å². The quantitative estimate of drug-likeness (QED) is 0.818. The molecule has 1 saturated heterocycles. The van der Waals surface area contributed by atoms with Gasteiger partial charge in [0.1, 0.15) is 0 Å². The molecular weight excluding hydrogens is 186 g/mol. The van der Waals surface area contributed by atoms with Crippen molar-refractivity contribution < 1.29 is 4.74 Å². The highest BCUT2D eigenvalue weighted by Crippen LogP contribution is 2.24. The van der Waals surface area contributed by atoms with E-state index in [1.165, 1.54) is 5.56 Å². The van der Waals surface area contributed by atoms with Crippen LogP contribution < -0.4 is 5.32 Å². The van der Waals surface area contributed by atoms with Crippen LogP contribution in [0, 0.1) is 0 Å². The Bertz CT molecular complexity index is 308. The Morgan fingerprint density at radius 1 is 1.33 bits per heavy atom. The van der Waals surface area contributed by atoms with Gasteiger partial charge in [0, 0.05) is 12.6 Å². The van der Waals surface area contributed by atoms with Gasteiger partial charge in [0.15, 0.2) is 0 Å². The summed E-state index contributed by atoms with van der Waals surface area (Å²) in [6, 6.07) is 11.0. The van der Waals surface area contributed by atoms with Crippen LogP contribution in [0.4, 0.5) is 0 Å². The predicted octanol–water partition coefficient (Wildman–Crippen LogP) is 2.34. The first-order chi connectivity index (χ1) is 7.16. The summed E-state index contributed by atoms with van der Waals surface area (Å²) in [5.74, 6) is 0. The second-order valence-corrected chi connectivity index (χ2v) is 4.84. The molecule has 2 heteroatoms. The molecule has 1 aromatic rings. The average Bonchev–Trinajstić information content (AvgIpc) is 2.57. The van der Waals surface area contributed by atoms with Crippen molar-refractivity contribution >= 4 is 0 Å². The largest absolute Gasteiger partial charge is 0.374 e. The minimum absolute atomic E-state index is 0.0500. The van der Waals surface area contributed by atoms with E-state index < -0.39 is 0 Å². The first kappa shape index (κ1) is 10.7. The van der Waals surface area contributed by atoms with E-state index in [-0.39, 0.29) is 5.60 Å². The Kier molecular flexibility index (Phi) is 3.08. The van der Waals surface area contributed by atoms with Crippen molar-refractivity contribution in [1.29, 1.82) is 0 Å². The van der Waals surface area contributed by atoms with Gasteiger partial charge in [0.2, 0.25) is 0 Å². The number of benzene rings is 1. The molecule has 1 fully saturated rings. The van der Waals surface area contributed by atoms with Gasteiger partial charge in [-0.2, -0.15) is 0 Å². The zero-order chi connectivity index (χ0) is 10.7. The van der Waals surface area contributed by atoms with E-state index >= 15 is 0 Å². The van der Waals surface area contributed by atoms with Crippen LogP contribution >= 0.6 is 0 Å². The zero-order valence-electron chi connectivity index (χ0n) is 9.49. The monoisotopic (exact) mass is 205 g/mol. The molecule has 0 bridgehead atoms. The topological polar surface area (TPSA) is 21.3 Å². The van der Waals surface area contributed by atoms with Crippen molar-refractivity contribution in [2.75, 3.05) is 6.61 Å². The van der Waals surface area contributed by atoms with Gasteiger partial charge in [-0.25, -0.2) is 0 Å². The van der Waals surface area contributed by atoms with Crippen molar-refractivity contribution in [3.8, 4) is 0 Å². The van der Waals surface area contributed by atoms with Crippen LogP contribution in [0.1, 0.15) is 25.8 Å². The number of hydrogen-bond donors (Lipinski definition) is 1. The fourth-order valence-corrected chi connectivity index (χ4v) is 2.03. The van der Waals surface area contributed by atoms with E-state index in [1.807, 2.05) is 6.07 Å². The van der Waals surface area contributed by atoms with Crippen LogP contribution in [0.15, 0.2) is 30.3 Å². The van der Waals surface area contributed by atoms with E-state index in [1.54, 1.807) is 0 Å². The summed E-state index contributed by atoms with van der Waals surface area (Å²) >= 11 is 0. The second-order valence-electron chi connectivity index (χ2n) is 4.84. The maximum Gasteiger partial charge on any atom is 0.0643 e. The number of ether oxygens (including phenoxy) is 1. The summed E-state index contributed by atoms with van der Waals surface area (Å²) in [5, 5.41) is 3.53. The lowest BCUT2D eigenvalue weighted by Gasteiger charge is -2.16. The molecular formula is C13H19NO. The SMILES string of the molecule is CC1(C)C[C@@H](NCc2ccccc2)CO1. The van der Waals surface area contributed by atoms with Gasteiger partial charge in [-0.15, -0.1) is 0 Å². The van der Waals surface area contributed by atoms with Crippen LogP contribution in [0.25, 0.3) is 0 Å². The summed E-state index contributed by atoms with van der Waals surface area (Å²) < 4.78 is 5.68. The normalized spacial score (nSPS) is 24.3. The predicted molar refractivity (Wildman–Crippen MR) is 61.7 cm³/mol. The minimum atomic E-state index is 0.0500. The third kappa shape index (κ3) is 3.05. The summed E-state index contributed by atoms with van der Waals surface area (Å²) in [7, 11) is 0. The molecule has 2 nitrogen and oxygen atoms in total. The molecule has 0 spiro atoms. The molecule has 2 rings (SSSR count). The third-order valence-corrected chi connectivity index (χ3v) is 2.85. The lowest BCUT2D eigenvalue weighted by atomic mass is 10.0. The molecule has 0 unspecified atom stereocenters. The molecule has 82 valence electrons. The van der Waals surface area contributed by atoms with Gasteiger partial charge >= 0.3 is 0 Å². The van der Waals surface area contributed by atoms with Crippen molar-refractivity contribution in [2.24, 2.45) is 0 Å². The maximum atomic E-state index is 5.68. The molecule has 1 aromatic carbocycles. The molecule has 0 aromatic heterocycles. The Labute approximate surface area is 91.6 Å². The summed E-state index contributed by atoms with van der Waals surface area (Å²) in [6.45, 7) is 6.07. The Morgan fingerprint density at radius 3 is 2.67 bits per heavy atom. The van der Waals surface area contributed by atoms with Gasteiger partial charge in [-0.3, -0.25) is 0 Å². The number of nitrogens with one attached hydrogen (secondary N) is 1. The van der Waals surface area contributed by atoms with E-state index in [2.05, 4.69) is 43.4 Å². The standard InChI is InChI=1S/C13H19NO/c1-13(2)8-12(10-15-13)14-9-11-6-4-3-5-7-11/h3-7,12,14H,8-10H2,1-2H3/t12-/m1/s1. The van der Waals surface area contributed by atoms with Crippen molar-refractivity contribution in [3.63, 3.8) is 0 Å². The van der Waals surface area contributed by atoms with Crippen LogP contribution in [0.3, 0.4) is 0 Å². The van der Waals surface area contributed by atoms with Crippen molar-refractivity contribution in [2.45, 2.75) is 38.5 Å². The highest BCUT2D eigenvalue weighted by Gasteiger charge is 2.31. The van der Waals surface area contributed by atoms with E-state index in [0.717, 1.165) is 19.6 Å². The van der Waals surface area contributed by atoms with Gasteiger partial charge in [-0.05, 0) is 25.8 Å². The molecule has 1 N–H and O–H groups in total. The Morgan fingerprint density at radius 2 is 2.07 bits per heavy atom. The van der Waals surface area contributed by atoms with Gasteiger partial charge in [0.25, 0.3) is 0 Å². The fourth-order valence-electron chi connectivity index (χ4n) is 2.03. The lowest BCUT2D eigenvalue weighted by Crippen LogP contribution is -2.29. The molecule has 0 saturated carbocycles. The first-order valence-corrected chi connectivity index (χ1v) is 5.57. The van der Waals surface area contributed by atoms with Gasteiger partial charge < -0.3 is 10.1 Å². The molecule has 0 amide bonds. The maximum absolute atomic E-state index is 5.68. The summed E-state index contributed by atoms with van der Waals surface area (Å²) in [4.78, 5) is 0. The fraction of sp³-hybridized carbons (Fsp3) is 0.538. The van der Waals surface area contributed by atoms with Crippen LogP contribution in [-0.2, 0) is 11.3 Å². The minimum Gasteiger partial charge on any atom is -0.374 e. The highest BCUT2D eigenvalue weighted by atomic mass is 16.5. The molecule has 1 aliphatic heterocycles. The van der Waals surface area contributed by atoms with E-state index in [0.29, 0.717) is 6.04 Å². The summed E-state index contributed by atoms with van der Waals surface area (Å²) in [5.41, 5.74) is 1.39. The number of hydrogen-bond acceptors (Lipinski definition) is 2. The highest BCUT2D eigenvalue weighted by molar-refractivity contribution is 5.14. The van der Waals surface area contributed by atoms with Crippen LogP contribution in [0.5, 0.6) is 0 Å². The Hall–Kier alpha value is -0.860. The van der Waals surface area contributed by atoms with Crippen LogP contribution in [0.2, 0.25) is 0 Å². The average molecular weight is 205 g/mol. The summed E-state index contributed by atoms with van der Waals surface area (Å²) in [6.07, 6.45) is 1.10. The molecule has 0 aliphatic carbocycles. The molecule has 1 aliphatic rings. The lowest BCUT2D eigenvalue weighted by molar-refractivity contribution is 0.0357. The third-order valence-electron chi connectivity index (χ3n) is 2.85. The molecule has 1 atom stereocenters. The molecule has 0 radical (unpaired) electrons. The Balaban J connectivity index is 1.80. The van der Waals surface area contributed by atoms with Gasteiger partial charge in [-0.1, -0.05) is 30.3 Å². The van der Waals surface area contributed by atoms with Crippen molar-refractivity contribution in [3.05, 3.63) is 35.9 Å². The molecule has 15 heavy (non-hydrogen) atoms. The van der Waals surface area contributed by atoms with Gasteiger partial charge in [0.05, 0.1) is 12.2 Å². The zero-order valence-corrected chi connectivity index (χ0v) is 9.49. The van der Waals surface area contributed by atoms with E-state index in [4.69, 9.17) is 4.74 Å². The molecule has 1 heterocycles. The van der Waals surface area contributed by atoms with E-state index in [9.17, 15) is 0 Å².